The Morgan fingerprint density at radius 3 is 3.00 bits per heavy atom. The lowest BCUT2D eigenvalue weighted by Gasteiger charge is -2.21. The summed E-state index contributed by atoms with van der Waals surface area (Å²) in [5, 5.41) is 11.3. The zero-order valence-corrected chi connectivity index (χ0v) is 10.0. The molecule has 84 valence electrons. The SMILES string of the molecule is CC1(C(=O)NCCCCC#N)CCCS1. The highest BCUT2D eigenvalue weighted by Gasteiger charge is 2.36. The molecule has 1 unspecified atom stereocenters. The van der Waals surface area contributed by atoms with E-state index in [-0.39, 0.29) is 10.7 Å². The van der Waals surface area contributed by atoms with Crippen LogP contribution in [0, 0.1) is 11.3 Å². The second kappa shape index (κ2) is 6.02. The third-order valence-corrected chi connectivity index (χ3v) is 4.22. The topological polar surface area (TPSA) is 52.9 Å². The number of carbonyl (C=O) groups is 1. The van der Waals surface area contributed by atoms with Crippen LogP contribution in [0.2, 0.25) is 0 Å². The maximum absolute atomic E-state index is 11.8. The maximum atomic E-state index is 11.8. The molecule has 0 aromatic heterocycles. The molecule has 0 radical (unpaired) electrons. The minimum absolute atomic E-state index is 0.168. The second-order valence-corrected chi connectivity index (χ2v) is 5.65. The Bertz CT molecular complexity index is 254. The summed E-state index contributed by atoms with van der Waals surface area (Å²) < 4.78 is -0.199. The van der Waals surface area contributed by atoms with Crippen molar-refractivity contribution in [3.8, 4) is 6.07 Å². The average molecular weight is 226 g/mol. The normalized spacial score (nSPS) is 24.8. The van der Waals surface area contributed by atoms with E-state index in [1.54, 1.807) is 11.8 Å². The lowest BCUT2D eigenvalue weighted by molar-refractivity contribution is -0.123. The number of rotatable bonds is 5. The Morgan fingerprint density at radius 2 is 2.40 bits per heavy atom. The van der Waals surface area contributed by atoms with E-state index in [0.717, 1.165) is 31.4 Å². The molecule has 1 atom stereocenters. The predicted molar refractivity (Wildman–Crippen MR) is 62.6 cm³/mol. The molecule has 1 heterocycles. The van der Waals surface area contributed by atoms with Crippen molar-refractivity contribution in [1.82, 2.24) is 5.32 Å². The fourth-order valence-corrected chi connectivity index (χ4v) is 2.91. The molecule has 0 saturated carbocycles. The van der Waals surface area contributed by atoms with Gasteiger partial charge in [-0.05, 0) is 38.4 Å². The van der Waals surface area contributed by atoms with E-state index in [9.17, 15) is 4.79 Å². The van der Waals surface area contributed by atoms with Gasteiger partial charge in [0.1, 0.15) is 0 Å². The fraction of sp³-hybridized carbons (Fsp3) is 0.818. The standard InChI is InChI=1S/C11H18N2OS/c1-11(6-5-9-15-11)10(14)13-8-4-2-3-7-12/h2-6,8-9H2,1H3,(H,13,14). The Hall–Kier alpha value is -0.690. The number of nitriles is 1. The van der Waals surface area contributed by atoms with Crippen molar-refractivity contribution in [1.29, 1.82) is 5.26 Å². The Balaban J connectivity index is 2.16. The third kappa shape index (κ3) is 3.75. The summed E-state index contributed by atoms with van der Waals surface area (Å²) in [4.78, 5) is 11.8. The molecule has 0 spiro atoms. The number of hydrogen-bond acceptors (Lipinski definition) is 3. The van der Waals surface area contributed by atoms with Crippen LogP contribution in [0.25, 0.3) is 0 Å². The van der Waals surface area contributed by atoms with E-state index >= 15 is 0 Å². The van der Waals surface area contributed by atoms with Gasteiger partial charge >= 0.3 is 0 Å². The average Bonchev–Trinajstić information content (AvgIpc) is 2.66. The molecule has 1 amide bonds. The summed E-state index contributed by atoms with van der Waals surface area (Å²) in [5.74, 6) is 1.26. The molecule has 1 fully saturated rings. The van der Waals surface area contributed by atoms with Gasteiger partial charge in [-0.2, -0.15) is 5.26 Å². The molecule has 3 nitrogen and oxygen atoms in total. The minimum atomic E-state index is -0.199. The monoisotopic (exact) mass is 226 g/mol. The largest absolute Gasteiger partial charge is 0.355 e. The molecule has 1 rings (SSSR count). The minimum Gasteiger partial charge on any atom is -0.355 e. The van der Waals surface area contributed by atoms with Crippen molar-refractivity contribution >= 4 is 17.7 Å². The smallest absolute Gasteiger partial charge is 0.235 e. The molecule has 0 aromatic rings. The number of nitrogens with zero attached hydrogens (tertiary/aromatic N) is 1. The first-order valence-corrected chi connectivity index (χ1v) is 6.47. The highest BCUT2D eigenvalue weighted by molar-refractivity contribution is 8.01. The molecule has 15 heavy (non-hydrogen) atoms. The molecule has 0 aliphatic carbocycles. The summed E-state index contributed by atoms with van der Waals surface area (Å²) >= 11 is 1.76. The lowest BCUT2D eigenvalue weighted by atomic mass is 10.0. The van der Waals surface area contributed by atoms with Crippen LogP contribution in [-0.2, 0) is 4.79 Å². The number of unbranched alkanes of at least 4 members (excludes halogenated alkanes) is 2. The van der Waals surface area contributed by atoms with E-state index in [1.165, 1.54) is 0 Å². The van der Waals surface area contributed by atoms with E-state index in [0.29, 0.717) is 13.0 Å². The van der Waals surface area contributed by atoms with Crippen LogP contribution in [0.1, 0.15) is 39.0 Å². The van der Waals surface area contributed by atoms with Crippen molar-refractivity contribution in [2.45, 2.75) is 43.8 Å². The van der Waals surface area contributed by atoms with Crippen LogP contribution < -0.4 is 5.32 Å². The molecule has 0 aromatic carbocycles. The molecule has 1 saturated heterocycles. The van der Waals surface area contributed by atoms with Crippen molar-refractivity contribution in [2.75, 3.05) is 12.3 Å². The van der Waals surface area contributed by atoms with Gasteiger partial charge in [-0.3, -0.25) is 4.79 Å². The zero-order chi connectivity index (χ0) is 11.1. The zero-order valence-electron chi connectivity index (χ0n) is 9.21. The summed E-state index contributed by atoms with van der Waals surface area (Å²) in [6, 6.07) is 2.10. The Morgan fingerprint density at radius 1 is 1.60 bits per heavy atom. The fourth-order valence-electron chi connectivity index (χ4n) is 1.68. The van der Waals surface area contributed by atoms with Gasteiger partial charge in [0.15, 0.2) is 0 Å². The lowest BCUT2D eigenvalue weighted by Crippen LogP contribution is -2.40. The summed E-state index contributed by atoms with van der Waals surface area (Å²) in [6.07, 6.45) is 4.49. The molecule has 1 aliphatic rings. The van der Waals surface area contributed by atoms with Crippen molar-refractivity contribution in [3.63, 3.8) is 0 Å². The number of carbonyl (C=O) groups excluding carboxylic acids is 1. The predicted octanol–water partition coefficient (Wildman–Crippen LogP) is 2.08. The van der Waals surface area contributed by atoms with Crippen molar-refractivity contribution in [3.05, 3.63) is 0 Å². The van der Waals surface area contributed by atoms with Gasteiger partial charge in [-0.25, -0.2) is 0 Å². The van der Waals surface area contributed by atoms with Gasteiger partial charge in [0.25, 0.3) is 0 Å². The highest BCUT2D eigenvalue weighted by Crippen LogP contribution is 2.37. The maximum Gasteiger partial charge on any atom is 0.235 e. The van der Waals surface area contributed by atoms with Gasteiger partial charge in [0.05, 0.1) is 10.8 Å². The van der Waals surface area contributed by atoms with Crippen LogP contribution in [0.3, 0.4) is 0 Å². The first kappa shape index (κ1) is 12.4. The van der Waals surface area contributed by atoms with E-state index in [4.69, 9.17) is 5.26 Å². The number of hydrogen-bond donors (Lipinski definition) is 1. The summed E-state index contributed by atoms with van der Waals surface area (Å²) in [6.45, 7) is 2.73. The molecule has 1 N–H and O–H groups in total. The second-order valence-electron chi connectivity index (χ2n) is 4.05. The summed E-state index contributed by atoms with van der Waals surface area (Å²) in [5.41, 5.74) is 0. The quantitative estimate of drug-likeness (QED) is 0.730. The van der Waals surface area contributed by atoms with Crippen molar-refractivity contribution in [2.24, 2.45) is 0 Å². The van der Waals surface area contributed by atoms with Gasteiger partial charge < -0.3 is 5.32 Å². The van der Waals surface area contributed by atoms with Crippen LogP contribution in [-0.4, -0.2) is 23.0 Å². The molecule has 1 aliphatic heterocycles. The van der Waals surface area contributed by atoms with Crippen molar-refractivity contribution < 1.29 is 4.79 Å². The van der Waals surface area contributed by atoms with Gasteiger partial charge in [0.2, 0.25) is 5.91 Å². The van der Waals surface area contributed by atoms with E-state index < -0.39 is 0 Å². The first-order chi connectivity index (χ1) is 7.19. The third-order valence-electron chi connectivity index (χ3n) is 2.70. The number of amides is 1. The van der Waals surface area contributed by atoms with Crippen LogP contribution in [0.4, 0.5) is 0 Å². The molecule has 4 heteroatoms. The highest BCUT2D eigenvalue weighted by atomic mass is 32.2. The summed E-state index contributed by atoms with van der Waals surface area (Å²) in [7, 11) is 0. The Labute approximate surface area is 95.6 Å². The van der Waals surface area contributed by atoms with Crippen LogP contribution >= 0.6 is 11.8 Å². The first-order valence-electron chi connectivity index (χ1n) is 5.48. The van der Waals surface area contributed by atoms with Crippen LogP contribution in [0.5, 0.6) is 0 Å². The van der Waals surface area contributed by atoms with E-state index in [1.807, 2.05) is 6.92 Å². The number of thioether (sulfide) groups is 1. The van der Waals surface area contributed by atoms with Gasteiger partial charge in [-0.15, -0.1) is 11.8 Å². The van der Waals surface area contributed by atoms with Gasteiger partial charge in [0, 0.05) is 13.0 Å². The Kier molecular flexibility index (Phi) is 4.97. The van der Waals surface area contributed by atoms with Crippen LogP contribution in [0.15, 0.2) is 0 Å². The molecular formula is C11H18N2OS. The van der Waals surface area contributed by atoms with Gasteiger partial charge in [-0.1, -0.05) is 0 Å². The molecule has 0 bridgehead atoms. The molecular weight excluding hydrogens is 208 g/mol. The number of nitrogens with one attached hydrogen (secondary N) is 1. The van der Waals surface area contributed by atoms with E-state index in [2.05, 4.69) is 11.4 Å².